The van der Waals surface area contributed by atoms with Gasteiger partial charge in [-0.2, -0.15) is 0 Å². The van der Waals surface area contributed by atoms with E-state index in [1.807, 2.05) is 6.07 Å². The molecule has 3 aromatic rings. The van der Waals surface area contributed by atoms with Gasteiger partial charge < -0.3 is 20.8 Å². The van der Waals surface area contributed by atoms with Crippen molar-refractivity contribution in [2.75, 3.05) is 11.9 Å². The number of aliphatic hydroxyl groups is 1. The number of phenols is 1. The minimum Gasteiger partial charge on any atom is -0.506 e. The van der Waals surface area contributed by atoms with Crippen LogP contribution in [0.4, 0.5) is 5.00 Å². The summed E-state index contributed by atoms with van der Waals surface area (Å²) in [6.45, 7) is 0.00132. The lowest BCUT2D eigenvalue weighted by atomic mass is 10.1. The Morgan fingerprint density at radius 1 is 1.14 bits per heavy atom. The lowest BCUT2D eigenvalue weighted by molar-refractivity contribution is 0.0913. The Morgan fingerprint density at radius 2 is 1.89 bits per heavy atom. The molecule has 0 saturated heterocycles. The Bertz CT molecular complexity index is 994. The maximum atomic E-state index is 12.4. The fraction of sp³-hybridized carbons (Fsp3) is 0.105. The molecule has 144 valence electrons. The van der Waals surface area contributed by atoms with Crippen LogP contribution < -0.4 is 10.6 Å². The van der Waals surface area contributed by atoms with E-state index in [2.05, 4.69) is 15.6 Å². The zero-order valence-corrected chi connectivity index (χ0v) is 16.0. The van der Waals surface area contributed by atoms with Crippen LogP contribution in [0.2, 0.25) is 5.02 Å². The summed E-state index contributed by atoms with van der Waals surface area (Å²) >= 11 is 6.91. The van der Waals surface area contributed by atoms with Crippen molar-refractivity contribution in [1.29, 1.82) is 0 Å². The second-order valence-electron chi connectivity index (χ2n) is 5.79. The largest absolute Gasteiger partial charge is 0.506 e. The van der Waals surface area contributed by atoms with Crippen molar-refractivity contribution in [3.05, 3.63) is 75.9 Å². The Kier molecular flexibility index (Phi) is 6.25. The number of anilines is 1. The van der Waals surface area contributed by atoms with Gasteiger partial charge in [-0.25, -0.2) is 4.98 Å². The standard InChI is InChI=1S/C19H16ClN3O4S/c20-13-8-12(6-7-14(13)24)17(26)23-19-16(22-10-28-19)18(27)21-9-15(25)11-4-2-1-3-5-11/h1-8,10,15,24-25H,9H2,(H,21,27)(H,23,26)/t15-/m0/s1. The first-order valence-corrected chi connectivity index (χ1v) is 9.46. The number of carbonyl (C=O) groups is 2. The van der Waals surface area contributed by atoms with Gasteiger partial charge in [0.25, 0.3) is 11.8 Å². The molecule has 2 aromatic carbocycles. The molecule has 0 radical (unpaired) electrons. The fourth-order valence-corrected chi connectivity index (χ4v) is 3.24. The topological polar surface area (TPSA) is 112 Å². The number of halogens is 1. The van der Waals surface area contributed by atoms with Crippen LogP contribution in [0.3, 0.4) is 0 Å². The van der Waals surface area contributed by atoms with Crippen LogP contribution in [0.1, 0.15) is 32.5 Å². The highest BCUT2D eigenvalue weighted by atomic mass is 35.5. The van der Waals surface area contributed by atoms with E-state index in [1.165, 1.54) is 23.7 Å². The van der Waals surface area contributed by atoms with E-state index in [4.69, 9.17) is 11.6 Å². The molecule has 1 atom stereocenters. The highest BCUT2D eigenvalue weighted by molar-refractivity contribution is 7.14. The van der Waals surface area contributed by atoms with E-state index in [0.717, 1.165) is 11.3 Å². The Hall–Kier alpha value is -2.94. The van der Waals surface area contributed by atoms with Gasteiger partial charge in [0.15, 0.2) is 5.69 Å². The van der Waals surface area contributed by atoms with Crippen molar-refractivity contribution in [2.45, 2.75) is 6.10 Å². The molecule has 0 aliphatic carbocycles. The highest BCUT2D eigenvalue weighted by Gasteiger charge is 2.19. The van der Waals surface area contributed by atoms with E-state index in [-0.39, 0.29) is 33.6 Å². The molecule has 1 heterocycles. The number of rotatable bonds is 6. The normalized spacial score (nSPS) is 11.6. The van der Waals surface area contributed by atoms with Crippen molar-refractivity contribution in [3.8, 4) is 5.75 Å². The number of nitrogens with one attached hydrogen (secondary N) is 2. The Morgan fingerprint density at radius 3 is 2.61 bits per heavy atom. The van der Waals surface area contributed by atoms with E-state index in [1.54, 1.807) is 24.3 Å². The molecule has 9 heteroatoms. The summed E-state index contributed by atoms with van der Waals surface area (Å²) in [7, 11) is 0. The van der Waals surface area contributed by atoms with E-state index < -0.39 is 17.9 Å². The van der Waals surface area contributed by atoms with Crippen LogP contribution in [0.5, 0.6) is 5.75 Å². The number of carbonyl (C=O) groups excluding carboxylic acids is 2. The quantitative estimate of drug-likeness (QED) is 0.492. The maximum Gasteiger partial charge on any atom is 0.273 e. The van der Waals surface area contributed by atoms with E-state index in [0.29, 0.717) is 5.56 Å². The molecule has 0 spiro atoms. The van der Waals surface area contributed by atoms with Gasteiger partial charge in [0.05, 0.1) is 16.6 Å². The molecule has 2 amide bonds. The van der Waals surface area contributed by atoms with E-state index >= 15 is 0 Å². The van der Waals surface area contributed by atoms with Crippen molar-refractivity contribution >= 4 is 39.8 Å². The predicted molar refractivity (Wildman–Crippen MR) is 107 cm³/mol. The number of aromatic nitrogens is 1. The molecule has 0 unspecified atom stereocenters. The van der Waals surface area contributed by atoms with Crippen molar-refractivity contribution in [2.24, 2.45) is 0 Å². The molecular weight excluding hydrogens is 402 g/mol. The molecule has 7 nitrogen and oxygen atoms in total. The van der Waals surface area contributed by atoms with Gasteiger partial charge in [-0.3, -0.25) is 9.59 Å². The first kappa shape index (κ1) is 19.8. The van der Waals surface area contributed by atoms with Gasteiger partial charge in [0, 0.05) is 12.1 Å². The summed E-state index contributed by atoms with van der Waals surface area (Å²) in [5.41, 5.74) is 2.38. The number of amides is 2. The third-order valence-electron chi connectivity index (χ3n) is 3.86. The summed E-state index contributed by atoms with van der Waals surface area (Å²) in [6.07, 6.45) is -0.860. The number of hydrogen-bond donors (Lipinski definition) is 4. The van der Waals surface area contributed by atoms with Gasteiger partial charge in [-0.15, -0.1) is 11.3 Å². The number of aliphatic hydroxyl groups excluding tert-OH is 1. The lowest BCUT2D eigenvalue weighted by Gasteiger charge is -2.12. The molecule has 4 N–H and O–H groups in total. The van der Waals surface area contributed by atoms with Crippen molar-refractivity contribution in [1.82, 2.24) is 10.3 Å². The van der Waals surface area contributed by atoms with Gasteiger partial charge in [-0.05, 0) is 23.8 Å². The van der Waals surface area contributed by atoms with Gasteiger partial charge in [0.2, 0.25) is 0 Å². The lowest BCUT2D eigenvalue weighted by Crippen LogP contribution is -2.29. The van der Waals surface area contributed by atoms with Crippen LogP contribution in [-0.4, -0.2) is 33.6 Å². The fourth-order valence-electron chi connectivity index (χ4n) is 2.39. The van der Waals surface area contributed by atoms with Crippen LogP contribution in [-0.2, 0) is 0 Å². The highest BCUT2D eigenvalue weighted by Crippen LogP contribution is 2.25. The monoisotopic (exact) mass is 417 g/mol. The first-order valence-electron chi connectivity index (χ1n) is 8.20. The maximum absolute atomic E-state index is 12.4. The third kappa shape index (κ3) is 4.66. The smallest absolute Gasteiger partial charge is 0.273 e. The zero-order chi connectivity index (χ0) is 20.1. The number of phenolic OH excluding ortho intramolecular Hbond substituents is 1. The summed E-state index contributed by atoms with van der Waals surface area (Å²) in [6, 6.07) is 13.0. The Balaban J connectivity index is 1.64. The van der Waals surface area contributed by atoms with Crippen LogP contribution >= 0.6 is 22.9 Å². The second kappa shape index (κ2) is 8.83. The summed E-state index contributed by atoms with van der Waals surface area (Å²) in [5, 5.41) is 25.1. The van der Waals surface area contributed by atoms with Crippen LogP contribution in [0, 0.1) is 0 Å². The second-order valence-corrected chi connectivity index (χ2v) is 7.05. The number of aromatic hydroxyl groups is 1. The predicted octanol–water partition coefficient (Wildman–Crippen LogP) is 3.22. The molecule has 28 heavy (non-hydrogen) atoms. The summed E-state index contributed by atoms with van der Waals surface area (Å²) in [4.78, 5) is 28.7. The molecule has 0 saturated carbocycles. The van der Waals surface area contributed by atoms with Crippen LogP contribution in [0.15, 0.2) is 54.0 Å². The number of benzene rings is 2. The number of hydrogen-bond acceptors (Lipinski definition) is 6. The third-order valence-corrected chi connectivity index (χ3v) is 4.90. The molecular formula is C19H16ClN3O4S. The minimum absolute atomic E-state index is 0.00132. The van der Waals surface area contributed by atoms with Crippen LogP contribution in [0.25, 0.3) is 0 Å². The zero-order valence-electron chi connectivity index (χ0n) is 14.4. The molecule has 1 aromatic heterocycles. The first-order chi connectivity index (χ1) is 13.5. The average Bonchev–Trinajstić information content (AvgIpc) is 3.16. The molecule has 0 fully saturated rings. The van der Waals surface area contributed by atoms with Gasteiger partial charge >= 0.3 is 0 Å². The van der Waals surface area contributed by atoms with E-state index in [9.17, 15) is 19.8 Å². The summed E-state index contributed by atoms with van der Waals surface area (Å²) < 4.78 is 0. The van der Waals surface area contributed by atoms with Crippen molar-refractivity contribution in [3.63, 3.8) is 0 Å². The molecule has 3 rings (SSSR count). The molecule has 0 bridgehead atoms. The van der Waals surface area contributed by atoms with Gasteiger partial charge in [0.1, 0.15) is 10.8 Å². The minimum atomic E-state index is -0.860. The average molecular weight is 418 g/mol. The Labute approximate surface area is 169 Å². The number of thiazole rings is 1. The van der Waals surface area contributed by atoms with Crippen molar-refractivity contribution < 1.29 is 19.8 Å². The number of nitrogens with zero attached hydrogens (tertiary/aromatic N) is 1. The molecule has 0 aliphatic rings. The SMILES string of the molecule is O=C(Nc1scnc1C(=O)NC[C@H](O)c1ccccc1)c1ccc(O)c(Cl)c1. The van der Waals surface area contributed by atoms with Gasteiger partial charge in [-0.1, -0.05) is 41.9 Å². The summed E-state index contributed by atoms with van der Waals surface area (Å²) in [5.74, 6) is -1.15. The molecule has 0 aliphatic heterocycles.